The summed E-state index contributed by atoms with van der Waals surface area (Å²) in [5.41, 5.74) is -0.695. The topological polar surface area (TPSA) is 134 Å². The van der Waals surface area contributed by atoms with Gasteiger partial charge in [-0.05, 0) is 53.8 Å². The molecule has 4 amide bonds. The maximum atomic E-state index is 14.1. The Morgan fingerprint density at radius 2 is 1.76 bits per heavy atom. The van der Waals surface area contributed by atoms with E-state index < -0.39 is 47.2 Å². The molecule has 2 saturated carbocycles. The van der Waals surface area contributed by atoms with Gasteiger partial charge in [0.2, 0.25) is 17.6 Å². The number of nitrogens with one attached hydrogen (secondary N) is 3. The molecule has 3 unspecified atom stereocenters. The number of carbonyl (C=O) groups is 5. The first-order chi connectivity index (χ1) is 18.9. The predicted octanol–water partition coefficient (Wildman–Crippen LogP) is 3.35. The summed E-state index contributed by atoms with van der Waals surface area (Å²) >= 11 is 0. The summed E-state index contributed by atoms with van der Waals surface area (Å²) in [6.45, 7) is 19.9. The minimum absolute atomic E-state index is 0.0910. The molecule has 3 aliphatic rings. The van der Waals surface area contributed by atoms with Crippen molar-refractivity contribution in [3.05, 3.63) is 12.7 Å². The van der Waals surface area contributed by atoms with E-state index in [4.69, 9.17) is 4.74 Å². The average Bonchev–Trinajstić information content (AvgIpc) is 3.19. The fourth-order valence-electron chi connectivity index (χ4n) is 6.63. The van der Waals surface area contributed by atoms with Crippen molar-refractivity contribution in [3.63, 3.8) is 0 Å². The number of fused-ring (bicyclic) bond motifs is 1. The number of likely N-dealkylation sites (tertiary alicyclic amines) is 1. The van der Waals surface area contributed by atoms with E-state index in [0.29, 0.717) is 19.4 Å². The Morgan fingerprint density at radius 3 is 2.29 bits per heavy atom. The molecule has 41 heavy (non-hydrogen) atoms. The highest BCUT2D eigenvalue weighted by atomic mass is 16.6. The van der Waals surface area contributed by atoms with Crippen molar-refractivity contribution < 1.29 is 28.7 Å². The number of hydrogen-bond acceptors (Lipinski definition) is 6. The Labute approximate surface area is 244 Å². The van der Waals surface area contributed by atoms with Crippen molar-refractivity contribution in [2.45, 2.75) is 112 Å². The van der Waals surface area contributed by atoms with Gasteiger partial charge < -0.3 is 25.6 Å². The minimum atomic E-state index is -1.00. The number of rotatable bonds is 11. The van der Waals surface area contributed by atoms with Crippen LogP contribution in [0.1, 0.15) is 87.5 Å². The van der Waals surface area contributed by atoms with Crippen LogP contribution in [0.3, 0.4) is 0 Å². The third-order valence-electron chi connectivity index (χ3n) is 9.17. The van der Waals surface area contributed by atoms with Gasteiger partial charge in [0.15, 0.2) is 0 Å². The zero-order chi connectivity index (χ0) is 30.9. The number of piperidine rings is 1. The van der Waals surface area contributed by atoms with Gasteiger partial charge in [-0.15, -0.1) is 6.58 Å². The fourth-order valence-corrected chi connectivity index (χ4v) is 6.63. The molecule has 10 nitrogen and oxygen atoms in total. The SMILES string of the molecule is C=CCNC(=O)C(=O)[C@@H](CCC)NC(=O)[C@@H]1[C@@H]2C(CN1C(=O)C(NC(=O)OC1CCC(C)(C)C1)C(C)(C)C)C2(C)C. The van der Waals surface area contributed by atoms with Crippen LogP contribution in [0.4, 0.5) is 4.79 Å². The van der Waals surface area contributed by atoms with Crippen LogP contribution < -0.4 is 16.0 Å². The molecule has 1 saturated heterocycles. The van der Waals surface area contributed by atoms with Crippen molar-refractivity contribution in [3.8, 4) is 0 Å². The fraction of sp³-hybridized carbons (Fsp3) is 0.774. The van der Waals surface area contributed by atoms with Gasteiger partial charge in [-0.2, -0.15) is 0 Å². The number of carbonyl (C=O) groups excluding carboxylic acids is 5. The lowest BCUT2D eigenvalue weighted by molar-refractivity contribution is -0.145. The van der Waals surface area contributed by atoms with Crippen LogP contribution >= 0.6 is 0 Å². The Bertz CT molecular complexity index is 1060. The molecule has 1 aliphatic heterocycles. The second kappa shape index (κ2) is 12.1. The zero-order valence-corrected chi connectivity index (χ0v) is 26.1. The largest absolute Gasteiger partial charge is 0.446 e. The number of Topliss-reactive ketones (excluding diaryl/α,β-unsaturated/α-hetero) is 1. The van der Waals surface area contributed by atoms with E-state index in [1.807, 2.05) is 27.7 Å². The Morgan fingerprint density at radius 1 is 1.10 bits per heavy atom. The molecule has 3 N–H and O–H groups in total. The summed E-state index contributed by atoms with van der Waals surface area (Å²) in [7, 11) is 0. The van der Waals surface area contributed by atoms with Crippen LogP contribution in [0.2, 0.25) is 0 Å². The van der Waals surface area contributed by atoms with Gasteiger partial charge in [0.1, 0.15) is 18.2 Å². The number of nitrogens with zero attached hydrogens (tertiary/aromatic N) is 1. The number of amides is 4. The summed E-state index contributed by atoms with van der Waals surface area (Å²) in [5.74, 6) is -2.29. The van der Waals surface area contributed by atoms with Crippen LogP contribution in [-0.4, -0.2) is 71.8 Å². The third-order valence-corrected chi connectivity index (χ3v) is 9.17. The second-order valence-electron chi connectivity index (χ2n) is 14.5. The van der Waals surface area contributed by atoms with Gasteiger partial charge in [0, 0.05) is 13.1 Å². The lowest BCUT2D eigenvalue weighted by atomic mass is 9.85. The number of ketones is 1. The van der Waals surface area contributed by atoms with Gasteiger partial charge in [0.25, 0.3) is 5.91 Å². The van der Waals surface area contributed by atoms with Gasteiger partial charge in [0.05, 0.1) is 6.04 Å². The molecule has 0 spiro atoms. The Balaban J connectivity index is 1.78. The molecule has 0 aromatic carbocycles. The van der Waals surface area contributed by atoms with Crippen molar-refractivity contribution in [2.24, 2.45) is 28.1 Å². The Kier molecular flexibility index (Phi) is 9.65. The van der Waals surface area contributed by atoms with E-state index in [0.717, 1.165) is 19.3 Å². The maximum Gasteiger partial charge on any atom is 0.408 e. The summed E-state index contributed by atoms with van der Waals surface area (Å²) in [4.78, 5) is 67.6. The maximum absolute atomic E-state index is 14.1. The van der Waals surface area contributed by atoms with Crippen molar-refractivity contribution in [2.75, 3.05) is 13.1 Å². The van der Waals surface area contributed by atoms with E-state index in [-0.39, 0.29) is 41.2 Å². The van der Waals surface area contributed by atoms with Crippen LogP contribution in [0.15, 0.2) is 12.7 Å². The lowest BCUT2D eigenvalue weighted by Gasteiger charge is -2.37. The number of alkyl carbamates (subject to hydrolysis) is 1. The van der Waals surface area contributed by atoms with Crippen LogP contribution in [0, 0.1) is 28.1 Å². The van der Waals surface area contributed by atoms with Crippen molar-refractivity contribution in [1.82, 2.24) is 20.9 Å². The monoisotopic (exact) mass is 574 g/mol. The summed E-state index contributed by atoms with van der Waals surface area (Å²) in [6, 6.07) is -2.74. The van der Waals surface area contributed by atoms with E-state index >= 15 is 0 Å². The first-order valence-corrected chi connectivity index (χ1v) is 15.0. The first-order valence-electron chi connectivity index (χ1n) is 15.0. The molecule has 0 bridgehead atoms. The minimum Gasteiger partial charge on any atom is -0.446 e. The molecular formula is C31H50N4O6. The predicted molar refractivity (Wildman–Crippen MR) is 156 cm³/mol. The third kappa shape index (κ3) is 7.30. The van der Waals surface area contributed by atoms with Gasteiger partial charge in [-0.3, -0.25) is 19.2 Å². The molecule has 6 atom stereocenters. The van der Waals surface area contributed by atoms with Gasteiger partial charge in [-0.25, -0.2) is 4.79 Å². The van der Waals surface area contributed by atoms with Crippen LogP contribution in [0.25, 0.3) is 0 Å². The van der Waals surface area contributed by atoms with Crippen molar-refractivity contribution >= 4 is 29.6 Å². The van der Waals surface area contributed by atoms with E-state index in [9.17, 15) is 24.0 Å². The Hall–Kier alpha value is -2.91. The summed E-state index contributed by atoms with van der Waals surface area (Å²) in [6.07, 6.45) is 4.02. The molecular weight excluding hydrogens is 524 g/mol. The summed E-state index contributed by atoms with van der Waals surface area (Å²) < 4.78 is 5.70. The molecule has 0 aromatic rings. The number of hydrogen-bond donors (Lipinski definition) is 3. The van der Waals surface area contributed by atoms with Crippen molar-refractivity contribution in [1.29, 1.82) is 0 Å². The van der Waals surface area contributed by atoms with Gasteiger partial charge in [-0.1, -0.05) is 67.9 Å². The molecule has 1 heterocycles. The van der Waals surface area contributed by atoms with Crippen LogP contribution in [-0.2, 0) is 23.9 Å². The molecule has 0 radical (unpaired) electrons. The van der Waals surface area contributed by atoms with E-state index in [2.05, 4.69) is 50.2 Å². The zero-order valence-electron chi connectivity index (χ0n) is 26.1. The molecule has 230 valence electrons. The van der Waals surface area contributed by atoms with E-state index in [1.165, 1.54) is 6.08 Å². The normalized spacial score (nSPS) is 27.2. The molecule has 2 aliphatic carbocycles. The highest BCUT2D eigenvalue weighted by Gasteiger charge is 2.70. The van der Waals surface area contributed by atoms with E-state index in [1.54, 1.807) is 4.90 Å². The smallest absolute Gasteiger partial charge is 0.408 e. The molecule has 3 fully saturated rings. The van der Waals surface area contributed by atoms with Crippen LogP contribution in [0.5, 0.6) is 0 Å². The van der Waals surface area contributed by atoms with Gasteiger partial charge >= 0.3 is 6.09 Å². The molecule has 10 heteroatoms. The quantitative estimate of drug-likeness (QED) is 0.256. The first kappa shape index (κ1) is 32.6. The average molecular weight is 575 g/mol. The molecule has 0 aromatic heterocycles. The number of ether oxygens (including phenoxy) is 1. The summed E-state index contributed by atoms with van der Waals surface area (Å²) in [5, 5.41) is 8.08. The molecule has 3 rings (SSSR count). The highest BCUT2D eigenvalue weighted by Crippen LogP contribution is 2.65. The second-order valence-corrected chi connectivity index (χ2v) is 14.5. The lowest BCUT2D eigenvalue weighted by Crippen LogP contribution is -2.60. The highest BCUT2D eigenvalue weighted by molar-refractivity contribution is 6.38. The standard InChI is InChI=1S/C31H50N4O6/c1-10-12-20(23(36)26(38)32-15-11-2)33-25(37)22-21-19(31(21,8)9)17-35(22)27(39)24(29(3,4)5)34-28(40)41-18-13-14-30(6,7)16-18/h11,18-22,24H,2,10,12-17H2,1,3-9H3,(H,32,38)(H,33,37)(H,34,40)/t18?,19?,20-,21+,22+,24?/m1/s1.